The van der Waals surface area contributed by atoms with Crippen molar-refractivity contribution in [1.29, 1.82) is 0 Å². The topological polar surface area (TPSA) is 96.7 Å². The number of anilines is 1. The summed E-state index contributed by atoms with van der Waals surface area (Å²) >= 11 is 0. The number of unbranched alkanes of at least 4 members (excludes halogenated alkanes) is 2. The Labute approximate surface area is 130 Å². The van der Waals surface area contributed by atoms with Gasteiger partial charge in [0.2, 0.25) is 5.91 Å². The minimum absolute atomic E-state index is 0.0360. The van der Waals surface area contributed by atoms with Gasteiger partial charge in [-0.25, -0.2) is 0 Å². The number of carbonyl (C=O) groups is 1. The normalized spacial score (nSPS) is 11.0. The van der Waals surface area contributed by atoms with E-state index in [4.69, 9.17) is 5.73 Å². The zero-order chi connectivity index (χ0) is 15.9. The van der Waals surface area contributed by atoms with Crippen LogP contribution in [-0.4, -0.2) is 27.9 Å². The average Bonchev–Trinajstić information content (AvgIpc) is 2.99. The monoisotopic (exact) mass is 303 g/mol. The smallest absolute Gasteiger partial charge is 0.238 e. The Kier molecular flexibility index (Phi) is 5.89. The Bertz CT molecular complexity index is 635. The van der Waals surface area contributed by atoms with Crippen molar-refractivity contribution in [2.24, 2.45) is 5.73 Å². The number of nitrogens with zero attached hydrogens (tertiary/aromatic N) is 2. The molecule has 0 spiro atoms. The SMILES string of the molecule is CCCCc1cc2n[nH]nc2c(NC(=O)CN)c1CCCC. The third kappa shape index (κ3) is 3.62. The number of aromatic nitrogens is 3. The third-order valence-corrected chi connectivity index (χ3v) is 3.84. The molecule has 0 fully saturated rings. The molecule has 0 aliphatic rings. The van der Waals surface area contributed by atoms with E-state index >= 15 is 0 Å². The van der Waals surface area contributed by atoms with E-state index < -0.39 is 0 Å². The lowest BCUT2D eigenvalue weighted by Gasteiger charge is -2.16. The molecule has 0 saturated heterocycles. The molecule has 0 bridgehead atoms. The summed E-state index contributed by atoms with van der Waals surface area (Å²) in [6, 6.07) is 2.09. The Hall–Kier alpha value is -1.95. The minimum atomic E-state index is -0.199. The molecule has 1 aromatic heterocycles. The molecule has 1 heterocycles. The summed E-state index contributed by atoms with van der Waals surface area (Å²) in [5.41, 5.74) is 10.2. The number of aryl methyl sites for hydroxylation is 1. The number of hydrogen-bond acceptors (Lipinski definition) is 4. The minimum Gasteiger partial charge on any atom is -0.323 e. The maximum atomic E-state index is 11.8. The van der Waals surface area contributed by atoms with Gasteiger partial charge in [-0.2, -0.15) is 15.4 Å². The fourth-order valence-electron chi connectivity index (χ4n) is 2.63. The van der Waals surface area contributed by atoms with E-state index in [1.54, 1.807) is 0 Å². The number of H-pyrrole nitrogens is 1. The molecule has 0 aliphatic carbocycles. The molecule has 2 aromatic rings. The van der Waals surface area contributed by atoms with E-state index in [0.717, 1.165) is 49.7 Å². The summed E-state index contributed by atoms with van der Waals surface area (Å²) in [6.07, 6.45) is 6.35. The highest BCUT2D eigenvalue weighted by atomic mass is 16.1. The van der Waals surface area contributed by atoms with Crippen LogP contribution in [0.1, 0.15) is 50.7 Å². The highest BCUT2D eigenvalue weighted by molar-refractivity contribution is 6.01. The number of aromatic amines is 1. The molecule has 2 rings (SSSR count). The number of fused-ring (bicyclic) bond motifs is 1. The predicted molar refractivity (Wildman–Crippen MR) is 88.8 cm³/mol. The lowest BCUT2D eigenvalue weighted by atomic mass is 9.95. The van der Waals surface area contributed by atoms with Crippen molar-refractivity contribution in [1.82, 2.24) is 15.4 Å². The summed E-state index contributed by atoms with van der Waals surface area (Å²) in [6.45, 7) is 4.31. The van der Waals surface area contributed by atoms with Gasteiger partial charge >= 0.3 is 0 Å². The summed E-state index contributed by atoms with van der Waals surface area (Å²) < 4.78 is 0. The zero-order valence-corrected chi connectivity index (χ0v) is 13.4. The average molecular weight is 303 g/mol. The summed E-state index contributed by atoms with van der Waals surface area (Å²) in [4.78, 5) is 11.8. The van der Waals surface area contributed by atoms with Crippen LogP contribution in [0.25, 0.3) is 11.0 Å². The first kappa shape index (κ1) is 16.4. The summed E-state index contributed by atoms with van der Waals surface area (Å²) in [5.74, 6) is -0.199. The van der Waals surface area contributed by atoms with Gasteiger partial charge in [0.1, 0.15) is 11.0 Å². The molecule has 1 amide bonds. The second-order valence-corrected chi connectivity index (χ2v) is 5.54. The van der Waals surface area contributed by atoms with Crippen LogP contribution in [0, 0.1) is 0 Å². The van der Waals surface area contributed by atoms with E-state index in [9.17, 15) is 4.79 Å². The molecule has 0 radical (unpaired) electrons. The van der Waals surface area contributed by atoms with Crippen molar-refractivity contribution in [2.45, 2.75) is 52.4 Å². The lowest BCUT2D eigenvalue weighted by Crippen LogP contribution is -2.23. The number of nitrogens with two attached hydrogens (primary N) is 1. The standard InChI is InChI=1S/C16H25N5O/c1-3-5-7-11-9-13-16(20-21-19-13)15(18-14(22)10-17)12(11)8-6-4-2/h9H,3-8,10,17H2,1-2H3,(H,18,22)(H,19,20,21). The third-order valence-electron chi connectivity index (χ3n) is 3.84. The summed E-state index contributed by atoms with van der Waals surface area (Å²) in [7, 11) is 0. The van der Waals surface area contributed by atoms with E-state index in [-0.39, 0.29) is 12.5 Å². The Balaban J connectivity index is 2.51. The van der Waals surface area contributed by atoms with Crippen LogP contribution in [0.2, 0.25) is 0 Å². The van der Waals surface area contributed by atoms with Crippen molar-refractivity contribution in [2.75, 3.05) is 11.9 Å². The van der Waals surface area contributed by atoms with Crippen LogP contribution in [0.4, 0.5) is 5.69 Å². The van der Waals surface area contributed by atoms with Crippen molar-refractivity contribution in [3.63, 3.8) is 0 Å². The zero-order valence-electron chi connectivity index (χ0n) is 13.4. The van der Waals surface area contributed by atoms with Gasteiger partial charge in [-0.15, -0.1) is 0 Å². The fourth-order valence-corrected chi connectivity index (χ4v) is 2.63. The second kappa shape index (κ2) is 7.89. The Morgan fingerprint density at radius 2 is 1.95 bits per heavy atom. The molecule has 1 aromatic carbocycles. The van der Waals surface area contributed by atoms with Crippen molar-refractivity contribution >= 4 is 22.6 Å². The number of amides is 1. The number of carbonyl (C=O) groups excluding carboxylic acids is 1. The first-order chi connectivity index (χ1) is 10.7. The van der Waals surface area contributed by atoms with Crippen LogP contribution in [0.3, 0.4) is 0 Å². The van der Waals surface area contributed by atoms with Gasteiger partial charge in [-0.3, -0.25) is 4.79 Å². The summed E-state index contributed by atoms with van der Waals surface area (Å²) in [5, 5.41) is 14.0. The van der Waals surface area contributed by atoms with E-state index in [2.05, 4.69) is 40.6 Å². The highest BCUT2D eigenvalue weighted by Gasteiger charge is 2.17. The number of benzene rings is 1. The predicted octanol–water partition coefficient (Wildman–Crippen LogP) is 2.54. The molecule has 6 heteroatoms. The quantitative estimate of drug-likeness (QED) is 0.698. The number of nitrogens with one attached hydrogen (secondary N) is 2. The van der Waals surface area contributed by atoms with Crippen molar-refractivity contribution in [3.05, 3.63) is 17.2 Å². The van der Waals surface area contributed by atoms with Crippen LogP contribution in [0.5, 0.6) is 0 Å². The second-order valence-electron chi connectivity index (χ2n) is 5.54. The maximum absolute atomic E-state index is 11.8. The van der Waals surface area contributed by atoms with Crippen molar-refractivity contribution in [3.8, 4) is 0 Å². The van der Waals surface area contributed by atoms with E-state index in [1.807, 2.05) is 0 Å². The van der Waals surface area contributed by atoms with Gasteiger partial charge in [0.25, 0.3) is 0 Å². The molecule has 120 valence electrons. The molecular formula is C16H25N5O. The van der Waals surface area contributed by atoms with Gasteiger partial charge in [0, 0.05) is 0 Å². The molecule has 22 heavy (non-hydrogen) atoms. The highest BCUT2D eigenvalue weighted by Crippen LogP contribution is 2.30. The number of rotatable bonds is 8. The van der Waals surface area contributed by atoms with E-state index in [0.29, 0.717) is 5.52 Å². The first-order valence-corrected chi connectivity index (χ1v) is 8.06. The van der Waals surface area contributed by atoms with Crippen LogP contribution in [0.15, 0.2) is 6.07 Å². The van der Waals surface area contributed by atoms with Gasteiger partial charge in [-0.1, -0.05) is 26.7 Å². The fraction of sp³-hybridized carbons (Fsp3) is 0.562. The first-order valence-electron chi connectivity index (χ1n) is 8.06. The van der Waals surface area contributed by atoms with Gasteiger partial charge in [-0.05, 0) is 42.9 Å². The van der Waals surface area contributed by atoms with Crippen LogP contribution >= 0.6 is 0 Å². The molecular weight excluding hydrogens is 278 g/mol. The molecule has 0 unspecified atom stereocenters. The van der Waals surface area contributed by atoms with Crippen LogP contribution < -0.4 is 11.1 Å². The van der Waals surface area contributed by atoms with Crippen molar-refractivity contribution < 1.29 is 4.79 Å². The Morgan fingerprint density at radius 3 is 2.64 bits per heavy atom. The molecule has 4 N–H and O–H groups in total. The van der Waals surface area contributed by atoms with Gasteiger partial charge < -0.3 is 11.1 Å². The van der Waals surface area contributed by atoms with E-state index in [1.165, 1.54) is 11.1 Å². The number of hydrogen-bond donors (Lipinski definition) is 3. The molecule has 0 saturated carbocycles. The van der Waals surface area contributed by atoms with Crippen LogP contribution in [-0.2, 0) is 17.6 Å². The molecule has 0 aliphatic heterocycles. The lowest BCUT2D eigenvalue weighted by molar-refractivity contribution is -0.114. The largest absolute Gasteiger partial charge is 0.323 e. The Morgan fingerprint density at radius 1 is 1.23 bits per heavy atom. The molecule has 6 nitrogen and oxygen atoms in total. The maximum Gasteiger partial charge on any atom is 0.238 e. The van der Waals surface area contributed by atoms with Gasteiger partial charge in [0.15, 0.2) is 0 Å². The van der Waals surface area contributed by atoms with Gasteiger partial charge in [0.05, 0.1) is 12.2 Å². The molecule has 0 atom stereocenters.